The maximum Gasteiger partial charge on any atom is 0.337 e. The van der Waals surface area contributed by atoms with Crippen molar-refractivity contribution < 1.29 is 23.8 Å². The third kappa shape index (κ3) is 4.28. The smallest absolute Gasteiger partial charge is 0.337 e. The quantitative estimate of drug-likeness (QED) is 0.694. The number of carbonyl (C=O) groups excluding carboxylic acids is 2. The number of rotatable bonds is 8. The van der Waals surface area contributed by atoms with E-state index in [0.717, 1.165) is 12.0 Å². The average molecular weight is 362 g/mol. The van der Waals surface area contributed by atoms with E-state index in [0.29, 0.717) is 42.4 Å². The second-order valence-corrected chi connectivity index (χ2v) is 5.76. The van der Waals surface area contributed by atoms with Crippen molar-refractivity contribution in [3.8, 4) is 11.5 Å². The lowest BCUT2D eigenvalue weighted by Gasteiger charge is -2.29. The van der Waals surface area contributed by atoms with Crippen LogP contribution in [0, 0.1) is 0 Å². The van der Waals surface area contributed by atoms with E-state index >= 15 is 0 Å². The van der Waals surface area contributed by atoms with Crippen LogP contribution in [0.1, 0.15) is 45.2 Å². The molecule has 1 heterocycles. The molecule has 0 radical (unpaired) electrons. The third-order valence-electron chi connectivity index (χ3n) is 3.98. The molecule has 1 unspecified atom stereocenters. The van der Waals surface area contributed by atoms with E-state index in [2.05, 4.69) is 10.6 Å². The van der Waals surface area contributed by atoms with Crippen LogP contribution in [0.25, 0.3) is 0 Å². The number of carbonyl (C=O) groups is 2. The molecule has 0 fully saturated rings. The third-order valence-corrected chi connectivity index (χ3v) is 3.98. The van der Waals surface area contributed by atoms with Crippen LogP contribution in [0.15, 0.2) is 29.5 Å². The van der Waals surface area contributed by atoms with Gasteiger partial charge in [0.15, 0.2) is 11.5 Å². The van der Waals surface area contributed by atoms with Gasteiger partial charge in [0.1, 0.15) is 0 Å². The Morgan fingerprint density at radius 1 is 1.15 bits per heavy atom. The summed E-state index contributed by atoms with van der Waals surface area (Å²) in [6.07, 6.45) is 1.39. The van der Waals surface area contributed by atoms with Crippen LogP contribution >= 0.6 is 0 Å². The molecule has 1 atom stereocenters. The molecule has 7 heteroatoms. The number of hydrogen-bond acceptors (Lipinski definition) is 5. The fraction of sp³-hybridized carbons (Fsp3) is 0.474. The molecule has 0 saturated heterocycles. The molecule has 0 spiro atoms. The lowest BCUT2D eigenvalue weighted by Crippen LogP contribution is -2.45. The van der Waals surface area contributed by atoms with Crippen LogP contribution in [0.3, 0.4) is 0 Å². The molecule has 2 rings (SSSR count). The van der Waals surface area contributed by atoms with Gasteiger partial charge in [0, 0.05) is 5.70 Å². The van der Waals surface area contributed by atoms with Crippen molar-refractivity contribution in [3.05, 3.63) is 35.0 Å². The molecular formula is C19H26N2O5. The number of allylic oxidation sites excluding steroid dienone is 1. The van der Waals surface area contributed by atoms with Crippen molar-refractivity contribution in [3.63, 3.8) is 0 Å². The molecule has 2 amide bonds. The molecular weight excluding hydrogens is 336 g/mol. The van der Waals surface area contributed by atoms with Gasteiger partial charge in [-0.05, 0) is 37.5 Å². The minimum absolute atomic E-state index is 0.358. The van der Waals surface area contributed by atoms with Gasteiger partial charge < -0.3 is 24.8 Å². The number of nitrogens with one attached hydrogen (secondary N) is 2. The Labute approximate surface area is 153 Å². The molecule has 142 valence electrons. The molecule has 1 aliphatic rings. The lowest BCUT2D eigenvalue weighted by atomic mass is 9.94. The molecule has 7 nitrogen and oxygen atoms in total. The molecule has 0 aliphatic carbocycles. The summed E-state index contributed by atoms with van der Waals surface area (Å²) in [6.45, 7) is 6.84. The van der Waals surface area contributed by atoms with Crippen molar-refractivity contribution in [1.29, 1.82) is 0 Å². The van der Waals surface area contributed by atoms with E-state index in [-0.39, 0.29) is 6.03 Å². The summed E-state index contributed by atoms with van der Waals surface area (Å²) in [5.74, 6) is 0.731. The summed E-state index contributed by atoms with van der Waals surface area (Å²) in [5.41, 5.74) is 1.66. The van der Waals surface area contributed by atoms with E-state index in [9.17, 15) is 9.59 Å². The topological polar surface area (TPSA) is 85.9 Å². The maximum absolute atomic E-state index is 12.3. The Bertz CT molecular complexity index is 699. The highest BCUT2D eigenvalue weighted by Crippen LogP contribution is 2.35. The van der Waals surface area contributed by atoms with Crippen molar-refractivity contribution in [2.75, 3.05) is 20.3 Å². The second-order valence-electron chi connectivity index (χ2n) is 5.76. The van der Waals surface area contributed by atoms with Gasteiger partial charge in [-0.3, -0.25) is 0 Å². The first-order chi connectivity index (χ1) is 12.5. The van der Waals surface area contributed by atoms with Gasteiger partial charge in [-0.15, -0.1) is 0 Å². The zero-order valence-corrected chi connectivity index (χ0v) is 15.7. The van der Waals surface area contributed by atoms with Gasteiger partial charge in [0.25, 0.3) is 0 Å². The molecule has 0 aromatic heterocycles. The molecule has 2 N–H and O–H groups in total. The molecule has 1 aliphatic heterocycles. The molecule has 1 aromatic carbocycles. The molecule has 0 bridgehead atoms. The van der Waals surface area contributed by atoms with Crippen LogP contribution in [-0.4, -0.2) is 32.3 Å². The monoisotopic (exact) mass is 362 g/mol. The number of amides is 2. The zero-order valence-electron chi connectivity index (χ0n) is 15.7. The number of benzene rings is 1. The Kier molecular flexibility index (Phi) is 6.89. The van der Waals surface area contributed by atoms with Crippen molar-refractivity contribution in [2.45, 2.75) is 39.7 Å². The van der Waals surface area contributed by atoms with Crippen LogP contribution in [0.2, 0.25) is 0 Å². The Morgan fingerprint density at radius 3 is 2.54 bits per heavy atom. The summed E-state index contributed by atoms with van der Waals surface area (Å²) in [6, 6.07) is 4.43. The summed E-state index contributed by atoms with van der Waals surface area (Å²) >= 11 is 0. The van der Waals surface area contributed by atoms with E-state index in [1.54, 1.807) is 12.1 Å². The fourth-order valence-electron chi connectivity index (χ4n) is 2.80. The first kappa shape index (κ1) is 19.6. The van der Waals surface area contributed by atoms with Crippen molar-refractivity contribution in [2.24, 2.45) is 0 Å². The molecule has 26 heavy (non-hydrogen) atoms. The highest BCUT2D eigenvalue weighted by molar-refractivity contribution is 5.95. The maximum atomic E-state index is 12.3. The standard InChI is InChI=1S/C19H26N2O5/c1-5-10-26-14-9-8-12(11-15(14)25-7-3)17-16(18(22)24-4)13(6-2)20-19(23)21-17/h8-9,11,17H,5-7,10H2,1-4H3,(H2,20,21,23). The summed E-state index contributed by atoms with van der Waals surface area (Å²) < 4.78 is 16.3. The normalized spacial score (nSPS) is 16.6. The van der Waals surface area contributed by atoms with E-state index < -0.39 is 12.0 Å². The minimum atomic E-state index is -0.620. The molecule has 1 aromatic rings. The van der Waals surface area contributed by atoms with Gasteiger partial charge in [-0.1, -0.05) is 19.9 Å². The van der Waals surface area contributed by atoms with Gasteiger partial charge in [-0.2, -0.15) is 0 Å². The van der Waals surface area contributed by atoms with Crippen LogP contribution in [0.5, 0.6) is 11.5 Å². The highest BCUT2D eigenvalue weighted by atomic mass is 16.5. The van der Waals surface area contributed by atoms with Gasteiger partial charge in [-0.25, -0.2) is 9.59 Å². The van der Waals surface area contributed by atoms with Gasteiger partial charge >= 0.3 is 12.0 Å². The average Bonchev–Trinajstić information content (AvgIpc) is 2.65. The van der Waals surface area contributed by atoms with Crippen LogP contribution in [-0.2, 0) is 9.53 Å². The minimum Gasteiger partial charge on any atom is -0.490 e. The highest BCUT2D eigenvalue weighted by Gasteiger charge is 2.33. The van der Waals surface area contributed by atoms with E-state index in [1.165, 1.54) is 7.11 Å². The first-order valence-electron chi connectivity index (χ1n) is 8.84. The van der Waals surface area contributed by atoms with Crippen molar-refractivity contribution in [1.82, 2.24) is 10.6 Å². The Morgan fingerprint density at radius 2 is 1.92 bits per heavy atom. The summed E-state index contributed by atoms with van der Waals surface area (Å²) in [7, 11) is 1.32. The number of urea groups is 1. The molecule has 0 saturated carbocycles. The van der Waals surface area contributed by atoms with Crippen LogP contribution in [0.4, 0.5) is 4.79 Å². The largest absolute Gasteiger partial charge is 0.490 e. The predicted molar refractivity (Wildman–Crippen MR) is 97.1 cm³/mol. The summed E-state index contributed by atoms with van der Waals surface area (Å²) in [4.78, 5) is 24.3. The Balaban J connectivity index is 2.47. The first-order valence-corrected chi connectivity index (χ1v) is 8.84. The second kappa shape index (κ2) is 9.12. The van der Waals surface area contributed by atoms with Gasteiger partial charge in [0.2, 0.25) is 0 Å². The van der Waals surface area contributed by atoms with Crippen LogP contribution < -0.4 is 20.1 Å². The van der Waals surface area contributed by atoms with E-state index in [1.807, 2.05) is 26.8 Å². The van der Waals surface area contributed by atoms with Gasteiger partial charge in [0.05, 0.1) is 31.9 Å². The van der Waals surface area contributed by atoms with Crippen molar-refractivity contribution >= 4 is 12.0 Å². The zero-order chi connectivity index (χ0) is 19.1. The predicted octanol–water partition coefficient (Wildman–Crippen LogP) is 3.07. The summed E-state index contributed by atoms with van der Waals surface area (Å²) in [5, 5.41) is 5.47. The SMILES string of the molecule is CCCOc1ccc(C2NC(=O)NC(CC)=C2C(=O)OC)cc1OCC. The fourth-order valence-corrected chi connectivity index (χ4v) is 2.80. The Hall–Kier alpha value is -2.70. The number of esters is 1. The number of hydrogen-bond donors (Lipinski definition) is 2. The van der Waals surface area contributed by atoms with E-state index in [4.69, 9.17) is 14.2 Å². The lowest BCUT2D eigenvalue weighted by molar-refractivity contribution is -0.136. The number of methoxy groups -OCH3 is 1. The number of ether oxygens (including phenoxy) is 3.